The van der Waals surface area contributed by atoms with E-state index < -0.39 is 11.7 Å². The van der Waals surface area contributed by atoms with E-state index in [1.165, 1.54) is 4.68 Å². The number of rotatable bonds is 2. The fourth-order valence-electron chi connectivity index (χ4n) is 3.58. The first-order valence-corrected chi connectivity index (χ1v) is 8.84. The molecule has 0 radical (unpaired) electrons. The van der Waals surface area contributed by atoms with Gasteiger partial charge in [-0.05, 0) is 42.5 Å². The van der Waals surface area contributed by atoms with Gasteiger partial charge in [0.1, 0.15) is 23.6 Å². The minimum atomic E-state index is -4.54. The number of benzene rings is 1. The first-order chi connectivity index (χ1) is 13.0. The van der Waals surface area contributed by atoms with E-state index in [0.717, 1.165) is 24.0 Å². The molecule has 1 aliphatic carbocycles. The van der Waals surface area contributed by atoms with Crippen LogP contribution in [0.4, 0.5) is 13.2 Å². The molecule has 5 rings (SSSR count). The maximum Gasteiger partial charge on any atom is 0.420 e. The third kappa shape index (κ3) is 2.87. The molecule has 0 amide bonds. The highest BCUT2D eigenvalue weighted by molar-refractivity contribution is 5.62. The molecule has 4 nitrogen and oxygen atoms in total. The Labute approximate surface area is 153 Å². The van der Waals surface area contributed by atoms with Gasteiger partial charge in [-0.3, -0.25) is 9.67 Å². The van der Waals surface area contributed by atoms with Crippen LogP contribution in [0.3, 0.4) is 0 Å². The SMILES string of the molecule is FC(F)(F)c1c(-c2cc(C3CC3)ccn2)nn2c1COc1ccccc1C2. The third-order valence-electron chi connectivity index (χ3n) is 5.07. The fourth-order valence-corrected chi connectivity index (χ4v) is 3.58. The van der Waals surface area contributed by atoms with Crippen LogP contribution in [0.5, 0.6) is 5.75 Å². The molecule has 2 aliphatic rings. The zero-order valence-electron chi connectivity index (χ0n) is 14.3. The van der Waals surface area contributed by atoms with Crippen LogP contribution in [-0.2, 0) is 19.3 Å². The highest BCUT2D eigenvalue weighted by atomic mass is 19.4. The Kier molecular flexibility index (Phi) is 3.54. The normalized spacial score (nSPS) is 16.3. The first-order valence-electron chi connectivity index (χ1n) is 8.84. The lowest BCUT2D eigenvalue weighted by molar-refractivity contribution is -0.138. The van der Waals surface area contributed by atoms with Gasteiger partial charge < -0.3 is 4.74 Å². The second kappa shape index (κ2) is 5.84. The molecular formula is C20H16F3N3O. The number of nitrogens with zero attached hydrogens (tertiary/aromatic N) is 3. The molecule has 0 saturated heterocycles. The van der Waals surface area contributed by atoms with Crippen LogP contribution in [0, 0.1) is 0 Å². The lowest BCUT2D eigenvalue weighted by Crippen LogP contribution is -2.12. The highest BCUT2D eigenvalue weighted by Crippen LogP contribution is 2.43. The molecule has 7 heteroatoms. The highest BCUT2D eigenvalue weighted by Gasteiger charge is 2.41. The van der Waals surface area contributed by atoms with Crippen LogP contribution >= 0.6 is 0 Å². The number of halogens is 3. The predicted molar refractivity (Wildman–Crippen MR) is 92.3 cm³/mol. The Hall–Kier alpha value is -2.83. The summed E-state index contributed by atoms with van der Waals surface area (Å²) in [4.78, 5) is 4.19. The van der Waals surface area contributed by atoms with Gasteiger partial charge in [0.05, 0.1) is 17.9 Å². The van der Waals surface area contributed by atoms with Crippen molar-refractivity contribution in [2.45, 2.75) is 38.1 Å². The van der Waals surface area contributed by atoms with Crippen molar-refractivity contribution in [3.05, 3.63) is 65.0 Å². The number of hydrogen-bond acceptors (Lipinski definition) is 3. The zero-order valence-corrected chi connectivity index (χ0v) is 14.3. The fraction of sp³-hybridized carbons (Fsp3) is 0.300. The second-order valence-electron chi connectivity index (χ2n) is 6.97. The van der Waals surface area contributed by atoms with E-state index in [-0.39, 0.29) is 30.2 Å². The summed E-state index contributed by atoms with van der Waals surface area (Å²) in [6.07, 6.45) is -0.834. The van der Waals surface area contributed by atoms with E-state index in [0.29, 0.717) is 11.7 Å². The second-order valence-corrected chi connectivity index (χ2v) is 6.97. The van der Waals surface area contributed by atoms with Crippen molar-refractivity contribution in [2.75, 3.05) is 0 Å². The quantitative estimate of drug-likeness (QED) is 0.651. The van der Waals surface area contributed by atoms with Crippen molar-refractivity contribution < 1.29 is 17.9 Å². The van der Waals surface area contributed by atoms with Gasteiger partial charge in [-0.2, -0.15) is 18.3 Å². The van der Waals surface area contributed by atoms with Crippen molar-refractivity contribution >= 4 is 0 Å². The summed E-state index contributed by atoms with van der Waals surface area (Å²) < 4.78 is 48.9. The lowest BCUT2D eigenvalue weighted by atomic mass is 10.1. The number of pyridine rings is 1. The van der Waals surface area contributed by atoms with Gasteiger partial charge in [-0.15, -0.1) is 0 Å². The molecule has 1 fully saturated rings. The van der Waals surface area contributed by atoms with Gasteiger partial charge in [0.25, 0.3) is 0 Å². The Morgan fingerprint density at radius 1 is 1.11 bits per heavy atom. The Morgan fingerprint density at radius 3 is 2.70 bits per heavy atom. The zero-order chi connectivity index (χ0) is 18.6. The molecule has 138 valence electrons. The standard InChI is InChI=1S/C20H16F3N3O/c21-20(22,23)18-16-11-27-17-4-2-1-3-14(17)10-26(16)25-19(18)15-9-13(7-8-24-15)12-5-6-12/h1-4,7-9,12H,5-6,10-11H2. The van der Waals surface area contributed by atoms with Crippen molar-refractivity contribution in [1.29, 1.82) is 0 Å². The molecule has 0 unspecified atom stereocenters. The largest absolute Gasteiger partial charge is 0.487 e. The summed E-state index contributed by atoms with van der Waals surface area (Å²) in [5.74, 6) is 1.02. The van der Waals surface area contributed by atoms with Crippen molar-refractivity contribution in [2.24, 2.45) is 0 Å². The van der Waals surface area contributed by atoms with E-state index in [2.05, 4.69) is 10.1 Å². The van der Waals surface area contributed by atoms with Crippen molar-refractivity contribution in [1.82, 2.24) is 14.8 Å². The minimum Gasteiger partial charge on any atom is -0.487 e. The smallest absolute Gasteiger partial charge is 0.420 e. The van der Waals surface area contributed by atoms with Crippen molar-refractivity contribution in [3.63, 3.8) is 0 Å². The summed E-state index contributed by atoms with van der Waals surface area (Å²) in [6, 6.07) is 10.8. The van der Waals surface area contributed by atoms with Crippen LogP contribution in [0.2, 0.25) is 0 Å². The Morgan fingerprint density at radius 2 is 1.93 bits per heavy atom. The topological polar surface area (TPSA) is 39.9 Å². The van der Waals surface area contributed by atoms with E-state index in [1.54, 1.807) is 24.4 Å². The van der Waals surface area contributed by atoms with Crippen LogP contribution in [-0.4, -0.2) is 14.8 Å². The van der Waals surface area contributed by atoms with Crippen LogP contribution in [0.15, 0.2) is 42.6 Å². The van der Waals surface area contributed by atoms with E-state index in [9.17, 15) is 13.2 Å². The van der Waals surface area contributed by atoms with Crippen LogP contribution < -0.4 is 4.74 Å². The first kappa shape index (κ1) is 16.4. The molecule has 1 aromatic carbocycles. The maximum atomic E-state index is 14.0. The summed E-state index contributed by atoms with van der Waals surface area (Å²) in [5, 5.41) is 4.32. The Bertz CT molecular complexity index is 1020. The van der Waals surface area contributed by atoms with Gasteiger partial charge >= 0.3 is 6.18 Å². The molecule has 2 aromatic heterocycles. The number of alkyl halides is 3. The van der Waals surface area contributed by atoms with Gasteiger partial charge in [0, 0.05) is 11.8 Å². The van der Waals surface area contributed by atoms with Crippen molar-refractivity contribution in [3.8, 4) is 17.1 Å². The summed E-state index contributed by atoms with van der Waals surface area (Å²) in [7, 11) is 0. The molecule has 0 atom stereocenters. The molecule has 3 heterocycles. The summed E-state index contributed by atoms with van der Waals surface area (Å²) >= 11 is 0. The van der Waals surface area contributed by atoms with Gasteiger partial charge in [-0.1, -0.05) is 18.2 Å². The molecule has 1 aliphatic heterocycles. The predicted octanol–water partition coefficient (Wildman–Crippen LogP) is 4.78. The van der Waals surface area contributed by atoms with E-state index in [4.69, 9.17) is 4.74 Å². The van der Waals surface area contributed by atoms with Gasteiger partial charge in [0.2, 0.25) is 0 Å². The molecule has 3 aromatic rings. The number of hydrogen-bond donors (Lipinski definition) is 0. The lowest BCUT2D eigenvalue weighted by Gasteiger charge is -2.11. The molecular weight excluding hydrogens is 355 g/mol. The number of ether oxygens (including phenoxy) is 1. The minimum absolute atomic E-state index is 0.0346. The number of para-hydroxylation sites is 1. The maximum absolute atomic E-state index is 14.0. The number of fused-ring (bicyclic) bond motifs is 2. The molecule has 1 saturated carbocycles. The monoisotopic (exact) mass is 371 g/mol. The van der Waals surface area contributed by atoms with E-state index in [1.807, 2.05) is 18.2 Å². The molecule has 0 spiro atoms. The van der Waals surface area contributed by atoms with Crippen LogP contribution in [0.25, 0.3) is 11.4 Å². The third-order valence-corrected chi connectivity index (χ3v) is 5.07. The van der Waals surface area contributed by atoms with Gasteiger partial charge in [0.15, 0.2) is 0 Å². The van der Waals surface area contributed by atoms with Crippen LogP contribution in [0.1, 0.15) is 41.1 Å². The molecule has 0 bridgehead atoms. The average molecular weight is 371 g/mol. The molecule has 27 heavy (non-hydrogen) atoms. The summed E-state index contributed by atoms with van der Waals surface area (Å²) in [5.41, 5.74) is 1.25. The average Bonchev–Trinajstić information content (AvgIpc) is 3.45. The van der Waals surface area contributed by atoms with Gasteiger partial charge in [-0.25, -0.2) is 0 Å². The summed E-state index contributed by atoms with van der Waals surface area (Å²) in [6.45, 7) is 0.0536. The Balaban J connectivity index is 1.66. The molecule has 0 N–H and O–H groups in total. The number of aromatic nitrogens is 3. The van der Waals surface area contributed by atoms with E-state index >= 15 is 0 Å².